The van der Waals surface area contributed by atoms with E-state index >= 15 is 0 Å². The second-order valence-corrected chi connectivity index (χ2v) is 10.6. The van der Waals surface area contributed by atoms with Crippen LogP contribution in [-0.4, -0.2) is 41.1 Å². The quantitative estimate of drug-likeness (QED) is 0.462. The third kappa shape index (κ3) is 5.48. The van der Waals surface area contributed by atoms with Crippen molar-refractivity contribution in [3.05, 3.63) is 71.3 Å². The number of aliphatic hydroxyl groups is 1. The van der Waals surface area contributed by atoms with Crippen molar-refractivity contribution in [3.8, 4) is 0 Å². The highest BCUT2D eigenvalue weighted by atomic mass is 16.3. The van der Waals surface area contributed by atoms with E-state index < -0.39 is 5.60 Å². The molecule has 0 spiro atoms. The highest BCUT2D eigenvalue weighted by Gasteiger charge is 2.49. The van der Waals surface area contributed by atoms with Gasteiger partial charge in [-0.05, 0) is 73.9 Å². The van der Waals surface area contributed by atoms with Gasteiger partial charge in [-0.15, -0.1) is 0 Å². The van der Waals surface area contributed by atoms with Crippen LogP contribution in [0.5, 0.6) is 0 Å². The molecule has 1 aliphatic heterocycles. The predicted molar refractivity (Wildman–Crippen MR) is 146 cm³/mol. The Balaban J connectivity index is 1.61. The lowest BCUT2D eigenvalue weighted by atomic mass is 9.66. The van der Waals surface area contributed by atoms with E-state index in [2.05, 4.69) is 81.1 Å². The summed E-state index contributed by atoms with van der Waals surface area (Å²) in [5.41, 5.74) is 4.00. The first-order valence-electron chi connectivity index (χ1n) is 13.5. The van der Waals surface area contributed by atoms with E-state index in [9.17, 15) is 9.90 Å². The third-order valence-corrected chi connectivity index (χ3v) is 8.24. The zero-order valence-corrected chi connectivity index (χ0v) is 21.9. The number of anilines is 1. The smallest absolute Gasteiger partial charge is 0.247 e. The summed E-state index contributed by atoms with van der Waals surface area (Å²) in [5, 5.41) is 11.6. The first-order valence-corrected chi connectivity index (χ1v) is 13.5. The minimum atomic E-state index is -0.673. The number of carbonyl (C=O) groups is 1. The molecule has 2 aliphatic rings. The lowest BCUT2D eigenvalue weighted by molar-refractivity contribution is -0.150. The Morgan fingerprint density at radius 3 is 2.37 bits per heavy atom. The number of carbonyl (C=O) groups excluding carboxylic acids is 1. The van der Waals surface area contributed by atoms with Crippen molar-refractivity contribution in [2.75, 3.05) is 24.5 Å². The Morgan fingerprint density at radius 1 is 1.06 bits per heavy atom. The lowest BCUT2D eigenvalue weighted by Crippen LogP contribution is -2.56. The second-order valence-electron chi connectivity index (χ2n) is 10.6. The maximum absolute atomic E-state index is 13.5. The fourth-order valence-electron chi connectivity index (χ4n) is 6.07. The molecule has 3 unspecified atom stereocenters. The minimum absolute atomic E-state index is 0.0309. The van der Waals surface area contributed by atoms with Crippen molar-refractivity contribution in [2.45, 2.75) is 77.4 Å². The van der Waals surface area contributed by atoms with Crippen molar-refractivity contribution in [3.63, 3.8) is 0 Å². The Kier molecular flexibility index (Phi) is 8.01. The minimum Gasteiger partial charge on any atom is -0.389 e. The second kappa shape index (κ2) is 11.0. The Morgan fingerprint density at radius 2 is 1.74 bits per heavy atom. The molecule has 4 nitrogen and oxygen atoms in total. The fourth-order valence-corrected chi connectivity index (χ4v) is 6.07. The molecule has 1 saturated carbocycles. The van der Waals surface area contributed by atoms with Crippen LogP contribution in [0, 0.1) is 5.92 Å². The summed E-state index contributed by atoms with van der Waals surface area (Å²) in [4.78, 5) is 17.9. The number of amides is 1. The molecule has 3 atom stereocenters. The van der Waals surface area contributed by atoms with E-state index in [4.69, 9.17) is 0 Å². The molecule has 0 bridgehead atoms. The average molecular weight is 475 g/mol. The normalized spacial score (nSPS) is 24.6. The number of fused-ring (bicyclic) bond motifs is 1. The van der Waals surface area contributed by atoms with Gasteiger partial charge < -0.3 is 14.9 Å². The largest absolute Gasteiger partial charge is 0.389 e. The zero-order valence-electron chi connectivity index (χ0n) is 21.9. The monoisotopic (exact) mass is 474 g/mol. The molecule has 2 aromatic carbocycles. The van der Waals surface area contributed by atoms with Gasteiger partial charge in [0.2, 0.25) is 5.91 Å². The van der Waals surface area contributed by atoms with Crippen LogP contribution in [0.1, 0.15) is 88.4 Å². The first kappa shape index (κ1) is 25.5. The molecule has 1 N–H and O–H groups in total. The topological polar surface area (TPSA) is 43.8 Å². The third-order valence-electron chi connectivity index (χ3n) is 8.24. The first-order chi connectivity index (χ1) is 16.9. The van der Waals surface area contributed by atoms with Crippen molar-refractivity contribution >= 4 is 17.7 Å². The predicted octanol–water partition coefficient (Wildman–Crippen LogP) is 6.56. The van der Waals surface area contributed by atoms with Gasteiger partial charge in [-0.1, -0.05) is 63.1 Å². The average Bonchev–Trinajstić information content (AvgIpc) is 2.87. The van der Waals surface area contributed by atoms with Gasteiger partial charge in [-0.25, -0.2) is 0 Å². The van der Waals surface area contributed by atoms with E-state index in [0.717, 1.165) is 49.9 Å². The summed E-state index contributed by atoms with van der Waals surface area (Å²) in [6.07, 6.45) is 8.29. The van der Waals surface area contributed by atoms with Gasteiger partial charge in [0.15, 0.2) is 0 Å². The highest BCUT2D eigenvalue weighted by molar-refractivity contribution is 5.92. The molecule has 0 radical (unpaired) electrons. The lowest BCUT2D eigenvalue weighted by Gasteiger charge is -2.52. The summed E-state index contributed by atoms with van der Waals surface area (Å²) in [6, 6.07) is 17.0. The van der Waals surface area contributed by atoms with Crippen LogP contribution >= 0.6 is 0 Å². The van der Waals surface area contributed by atoms with Crippen LogP contribution in [-0.2, 0) is 4.79 Å². The molecule has 1 heterocycles. The van der Waals surface area contributed by atoms with Crippen LogP contribution < -0.4 is 4.90 Å². The van der Waals surface area contributed by atoms with Crippen molar-refractivity contribution < 1.29 is 9.90 Å². The SMILES string of the molecule is CCN(CC)c1ccc(C2C3CCCCC3(O)CCN2C(=O)C=Cc2ccc(C(C)C)cc2)cc1. The van der Waals surface area contributed by atoms with E-state index in [1.165, 1.54) is 11.3 Å². The fraction of sp³-hybridized carbons (Fsp3) is 0.516. The van der Waals surface area contributed by atoms with Crippen molar-refractivity contribution in [1.82, 2.24) is 4.90 Å². The number of likely N-dealkylation sites (tertiary alicyclic amines) is 1. The van der Waals surface area contributed by atoms with Crippen LogP contribution in [0.2, 0.25) is 0 Å². The molecule has 1 saturated heterocycles. The molecule has 4 heteroatoms. The summed E-state index contributed by atoms with van der Waals surface area (Å²) in [6.45, 7) is 11.2. The van der Waals surface area contributed by atoms with Gasteiger partial charge in [0.05, 0.1) is 11.6 Å². The number of hydrogen-bond acceptors (Lipinski definition) is 3. The van der Waals surface area contributed by atoms with Crippen LogP contribution in [0.15, 0.2) is 54.6 Å². The van der Waals surface area contributed by atoms with Gasteiger partial charge in [-0.3, -0.25) is 4.79 Å². The van der Waals surface area contributed by atoms with Gasteiger partial charge in [0, 0.05) is 37.3 Å². The number of piperidine rings is 1. The number of benzene rings is 2. The van der Waals surface area contributed by atoms with Gasteiger partial charge in [0.25, 0.3) is 0 Å². The molecule has 1 aliphatic carbocycles. The van der Waals surface area contributed by atoms with Gasteiger partial charge in [-0.2, -0.15) is 0 Å². The van der Waals surface area contributed by atoms with E-state index in [0.29, 0.717) is 18.9 Å². The Labute approximate surface area is 211 Å². The van der Waals surface area contributed by atoms with Gasteiger partial charge >= 0.3 is 0 Å². The Hall–Kier alpha value is -2.59. The standard InChI is InChI=1S/C31H42N2O2/c1-5-32(6-2)27-17-15-26(16-18-27)30-28-9-7-8-20-31(28,35)21-22-33(30)29(34)19-12-24-10-13-25(14-11-24)23(3)4/h10-19,23,28,30,35H,5-9,20-22H2,1-4H3. The number of hydrogen-bond donors (Lipinski definition) is 1. The zero-order chi connectivity index (χ0) is 25.0. The molecular formula is C31H42N2O2. The molecule has 35 heavy (non-hydrogen) atoms. The van der Waals surface area contributed by atoms with Gasteiger partial charge in [0.1, 0.15) is 0 Å². The van der Waals surface area contributed by atoms with E-state index in [-0.39, 0.29) is 17.9 Å². The van der Waals surface area contributed by atoms with Crippen molar-refractivity contribution in [1.29, 1.82) is 0 Å². The maximum atomic E-state index is 13.5. The molecule has 2 fully saturated rings. The van der Waals surface area contributed by atoms with Crippen LogP contribution in [0.25, 0.3) is 6.08 Å². The molecule has 1 amide bonds. The van der Waals surface area contributed by atoms with E-state index in [1.54, 1.807) is 6.08 Å². The highest BCUT2D eigenvalue weighted by Crippen LogP contribution is 2.49. The van der Waals surface area contributed by atoms with Crippen molar-refractivity contribution in [2.24, 2.45) is 5.92 Å². The summed E-state index contributed by atoms with van der Waals surface area (Å²) in [7, 11) is 0. The van der Waals surface area contributed by atoms with E-state index in [1.807, 2.05) is 11.0 Å². The summed E-state index contributed by atoms with van der Waals surface area (Å²) >= 11 is 0. The molecular weight excluding hydrogens is 432 g/mol. The summed E-state index contributed by atoms with van der Waals surface area (Å²) < 4.78 is 0. The number of nitrogens with zero attached hydrogens (tertiary/aromatic N) is 2. The van der Waals surface area contributed by atoms with Crippen LogP contribution in [0.4, 0.5) is 5.69 Å². The molecule has 0 aromatic heterocycles. The maximum Gasteiger partial charge on any atom is 0.247 e. The number of rotatable bonds is 7. The summed E-state index contributed by atoms with van der Waals surface area (Å²) in [5.74, 6) is 0.599. The van der Waals surface area contributed by atoms with Crippen LogP contribution in [0.3, 0.4) is 0 Å². The molecule has 188 valence electrons. The Bertz CT molecular complexity index is 1010. The molecule has 2 aromatic rings. The molecule has 4 rings (SSSR count).